The van der Waals surface area contributed by atoms with Gasteiger partial charge in [-0.2, -0.15) is 9.50 Å². The number of fused-ring (bicyclic) bond motifs is 3. The van der Waals surface area contributed by atoms with Crippen LogP contribution in [0.4, 0.5) is 0 Å². The van der Waals surface area contributed by atoms with Crippen LogP contribution in [0.3, 0.4) is 0 Å². The van der Waals surface area contributed by atoms with Crippen molar-refractivity contribution in [2.24, 2.45) is 0 Å². The molecule has 4 aromatic rings. The lowest BCUT2D eigenvalue weighted by Gasteiger charge is -2.04. The van der Waals surface area contributed by atoms with Crippen LogP contribution in [0.5, 0.6) is 0 Å². The molecule has 1 aromatic carbocycles. The van der Waals surface area contributed by atoms with Gasteiger partial charge in [0.2, 0.25) is 5.89 Å². The second-order valence-corrected chi connectivity index (χ2v) is 6.39. The maximum atomic E-state index is 5.29. The van der Waals surface area contributed by atoms with Crippen LogP contribution in [0.2, 0.25) is 0 Å². The minimum Gasteiger partial charge on any atom is -0.338 e. The molecule has 0 radical (unpaired) electrons. The van der Waals surface area contributed by atoms with Crippen LogP contribution >= 0.6 is 11.8 Å². The van der Waals surface area contributed by atoms with Gasteiger partial charge in [0.1, 0.15) is 5.82 Å². The molecule has 24 heavy (non-hydrogen) atoms. The van der Waals surface area contributed by atoms with E-state index in [-0.39, 0.29) is 0 Å². The molecule has 0 N–H and O–H groups in total. The summed E-state index contributed by atoms with van der Waals surface area (Å²) in [6.45, 7) is 3.97. The minimum atomic E-state index is 0.552. The Bertz CT molecular complexity index is 1010. The molecular weight excluding hydrogens is 324 g/mol. The van der Waals surface area contributed by atoms with E-state index >= 15 is 0 Å². The molecule has 0 atom stereocenters. The van der Waals surface area contributed by atoms with E-state index in [1.165, 1.54) is 11.8 Å². The summed E-state index contributed by atoms with van der Waals surface area (Å²) >= 11 is 1.52. The molecule has 0 amide bonds. The average molecular weight is 340 g/mol. The van der Waals surface area contributed by atoms with E-state index in [0.29, 0.717) is 11.6 Å². The SMILES string of the molecule is CCCc1noc(CSc2nc3ccccc3c3nc(C)nn23)n1. The van der Waals surface area contributed by atoms with Crippen LogP contribution < -0.4 is 0 Å². The fourth-order valence-corrected chi connectivity index (χ4v) is 3.31. The maximum absolute atomic E-state index is 5.29. The van der Waals surface area contributed by atoms with Gasteiger partial charge in [0.05, 0.1) is 11.3 Å². The lowest BCUT2D eigenvalue weighted by Crippen LogP contribution is -1.98. The number of nitrogens with zero attached hydrogens (tertiary/aromatic N) is 6. The van der Waals surface area contributed by atoms with Gasteiger partial charge in [0, 0.05) is 11.8 Å². The van der Waals surface area contributed by atoms with E-state index in [1.54, 1.807) is 4.52 Å². The van der Waals surface area contributed by atoms with Gasteiger partial charge >= 0.3 is 0 Å². The van der Waals surface area contributed by atoms with Gasteiger partial charge in [-0.05, 0) is 25.5 Å². The first-order valence-corrected chi connectivity index (χ1v) is 8.79. The fourth-order valence-electron chi connectivity index (χ4n) is 2.53. The third kappa shape index (κ3) is 2.73. The smallest absolute Gasteiger partial charge is 0.237 e. The Hall–Kier alpha value is -2.48. The number of para-hydroxylation sites is 1. The molecule has 0 aliphatic carbocycles. The first-order valence-electron chi connectivity index (χ1n) is 7.81. The molecule has 0 saturated heterocycles. The molecule has 0 spiro atoms. The van der Waals surface area contributed by atoms with Crippen LogP contribution in [0.25, 0.3) is 16.6 Å². The van der Waals surface area contributed by atoms with Crippen molar-refractivity contribution in [3.05, 3.63) is 41.8 Å². The van der Waals surface area contributed by atoms with E-state index in [9.17, 15) is 0 Å². The maximum Gasteiger partial charge on any atom is 0.237 e. The van der Waals surface area contributed by atoms with Crippen LogP contribution in [0, 0.1) is 6.92 Å². The molecule has 7 nitrogen and oxygen atoms in total. The molecule has 4 rings (SSSR count). The number of benzene rings is 1. The molecule has 3 aromatic heterocycles. The van der Waals surface area contributed by atoms with Crippen LogP contribution in [-0.4, -0.2) is 29.7 Å². The van der Waals surface area contributed by atoms with E-state index < -0.39 is 0 Å². The Balaban J connectivity index is 1.69. The molecule has 0 unspecified atom stereocenters. The number of hydrogen-bond acceptors (Lipinski definition) is 7. The third-order valence-electron chi connectivity index (χ3n) is 3.56. The molecule has 0 aliphatic heterocycles. The molecule has 0 fully saturated rings. The zero-order valence-electron chi connectivity index (χ0n) is 13.4. The van der Waals surface area contributed by atoms with Gasteiger partial charge in [-0.1, -0.05) is 36.0 Å². The molecule has 0 aliphatic rings. The number of aromatic nitrogens is 6. The van der Waals surface area contributed by atoms with Crippen molar-refractivity contribution in [2.45, 2.75) is 37.6 Å². The van der Waals surface area contributed by atoms with Gasteiger partial charge in [-0.3, -0.25) is 0 Å². The summed E-state index contributed by atoms with van der Waals surface area (Å²) in [6.07, 6.45) is 1.83. The van der Waals surface area contributed by atoms with Crippen molar-refractivity contribution >= 4 is 28.3 Å². The summed E-state index contributed by atoms with van der Waals surface area (Å²) in [4.78, 5) is 13.6. The van der Waals surface area contributed by atoms with Crippen LogP contribution in [-0.2, 0) is 12.2 Å². The fraction of sp³-hybridized carbons (Fsp3) is 0.312. The highest BCUT2D eigenvalue weighted by molar-refractivity contribution is 7.98. The van der Waals surface area contributed by atoms with Crippen LogP contribution in [0.1, 0.15) is 30.9 Å². The molecule has 3 heterocycles. The second-order valence-electron chi connectivity index (χ2n) is 5.45. The zero-order chi connectivity index (χ0) is 16.5. The first kappa shape index (κ1) is 15.1. The highest BCUT2D eigenvalue weighted by Gasteiger charge is 2.14. The number of hydrogen-bond donors (Lipinski definition) is 0. The van der Waals surface area contributed by atoms with E-state index in [0.717, 1.165) is 46.2 Å². The van der Waals surface area contributed by atoms with Crippen molar-refractivity contribution in [3.63, 3.8) is 0 Å². The Morgan fingerprint density at radius 2 is 2.04 bits per heavy atom. The lowest BCUT2D eigenvalue weighted by atomic mass is 10.2. The summed E-state index contributed by atoms with van der Waals surface area (Å²) in [6, 6.07) is 7.94. The molecule has 8 heteroatoms. The number of aryl methyl sites for hydroxylation is 2. The van der Waals surface area contributed by atoms with Crippen molar-refractivity contribution in [2.75, 3.05) is 0 Å². The average Bonchev–Trinajstić information content (AvgIpc) is 3.19. The predicted octanol–water partition coefficient (Wildman–Crippen LogP) is 3.21. The Morgan fingerprint density at radius 1 is 1.17 bits per heavy atom. The third-order valence-corrected chi connectivity index (χ3v) is 4.48. The Kier molecular flexibility index (Phi) is 3.89. The standard InChI is InChI=1S/C16H16N6OS/c1-3-6-13-19-14(23-21-13)9-24-16-18-12-8-5-4-7-11(12)15-17-10(2)20-22(15)16/h4-5,7-8H,3,6,9H2,1-2H3. The molecule has 0 saturated carbocycles. The topological polar surface area (TPSA) is 82.0 Å². The highest BCUT2D eigenvalue weighted by Crippen LogP contribution is 2.25. The van der Waals surface area contributed by atoms with Gasteiger partial charge in [0.15, 0.2) is 16.6 Å². The Labute approximate surface area is 142 Å². The summed E-state index contributed by atoms with van der Waals surface area (Å²) in [5.41, 5.74) is 1.72. The monoisotopic (exact) mass is 340 g/mol. The van der Waals surface area contributed by atoms with Gasteiger partial charge in [-0.15, -0.1) is 5.10 Å². The quantitative estimate of drug-likeness (QED) is 0.407. The van der Waals surface area contributed by atoms with Crippen molar-refractivity contribution in [1.29, 1.82) is 0 Å². The summed E-state index contributed by atoms with van der Waals surface area (Å²) in [7, 11) is 0. The van der Waals surface area contributed by atoms with Gasteiger partial charge in [-0.25, -0.2) is 9.97 Å². The summed E-state index contributed by atoms with van der Waals surface area (Å²) in [5.74, 6) is 2.62. The van der Waals surface area contributed by atoms with Gasteiger partial charge in [0.25, 0.3) is 0 Å². The lowest BCUT2D eigenvalue weighted by molar-refractivity contribution is 0.384. The largest absolute Gasteiger partial charge is 0.338 e. The van der Waals surface area contributed by atoms with Crippen molar-refractivity contribution in [3.8, 4) is 0 Å². The molecule has 0 bridgehead atoms. The van der Waals surface area contributed by atoms with Crippen molar-refractivity contribution in [1.82, 2.24) is 29.7 Å². The van der Waals surface area contributed by atoms with E-state index in [2.05, 4.69) is 27.1 Å². The Morgan fingerprint density at radius 3 is 2.92 bits per heavy atom. The van der Waals surface area contributed by atoms with E-state index in [1.807, 2.05) is 31.2 Å². The summed E-state index contributed by atoms with van der Waals surface area (Å²) in [5, 5.41) is 10.2. The molecular formula is C16H16N6OS. The molecule has 122 valence electrons. The van der Waals surface area contributed by atoms with Crippen LogP contribution in [0.15, 0.2) is 33.9 Å². The predicted molar refractivity (Wildman–Crippen MR) is 90.9 cm³/mol. The normalized spacial score (nSPS) is 11.6. The number of thioether (sulfide) groups is 1. The second kappa shape index (κ2) is 6.20. The highest BCUT2D eigenvalue weighted by atomic mass is 32.2. The van der Waals surface area contributed by atoms with Crippen molar-refractivity contribution < 1.29 is 4.52 Å². The van der Waals surface area contributed by atoms with E-state index in [4.69, 9.17) is 9.51 Å². The first-order chi connectivity index (χ1) is 11.7. The van der Waals surface area contributed by atoms with Gasteiger partial charge < -0.3 is 4.52 Å². The number of rotatable bonds is 5. The summed E-state index contributed by atoms with van der Waals surface area (Å²) < 4.78 is 7.07. The minimum absolute atomic E-state index is 0.552. The zero-order valence-corrected chi connectivity index (χ0v) is 14.2.